The van der Waals surface area contributed by atoms with Gasteiger partial charge in [-0.2, -0.15) is 0 Å². The van der Waals surface area contributed by atoms with E-state index in [4.69, 9.17) is 0 Å². The Kier molecular flexibility index (Phi) is 3.75. The second kappa shape index (κ2) is 4.86. The summed E-state index contributed by atoms with van der Waals surface area (Å²) in [5.41, 5.74) is 2.07. The number of anilines is 1. The van der Waals surface area contributed by atoms with Crippen molar-refractivity contribution < 1.29 is 5.11 Å². The van der Waals surface area contributed by atoms with E-state index >= 15 is 0 Å². The van der Waals surface area contributed by atoms with Crippen molar-refractivity contribution in [3.05, 3.63) is 28.2 Å². The van der Waals surface area contributed by atoms with Gasteiger partial charge in [0.1, 0.15) is 0 Å². The minimum Gasteiger partial charge on any atom is -0.390 e. The molecular weight excluding hydrogens is 290 g/mol. The standard InChI is InChI=1S/C15H22BrNO/c1-10(2)17-9-11(8-15(3,4)18)13-7-12(16)5-6-14(13)17/h5-7,10-11,18H,8-9H2,1-4H3. The topological polar surface area (TPSA) is 23.5 Å². The van der Waals surface area contributed by atoms with Gasteiger partial charge in [-0.05, 0) is 57.9 Å². The van der Waals surface area contributed by atoms with E-state index in [-0.39, 0.29) is 0 Å². The van der Waals surface area contributed by atoms with Gasteiger partial charge in [0, 0.05) is 28.7 Å². The van der Waals surface area contributed by atoms with E-state index in [1.165, 1.54) is 11.3 Å². The molecule has 0 amide bonds. The van der Waals surface area contributed by atoms with Gasteiger partial charge >= 0.3 is 0 Å². The van der Waals surface area contributed by atoms with Crippen molar-refractivity contribution in [3.8, 4) is 0 Å². The third-order valence-corrected chi connectivity index (χ3v) is 4.02. The third-order valence-electron chi connectivity index (χ3n) is 3.53. The summed E-state index contributed by atoms with van der Waals surface area (Å²) in [4.78, 5) is 2.43. The Balaban J connectivity index is 2.35. The monoisotopic (exact) mass is 311 g/mol. The second-order valence-electron chi connectivity index (χ2n) is 6.16. The highest BCUT2D eigenvalue weighted by Gasteiger charge is 2.33. The maximum absolute atomic E-state index is 10.1. The van der Waals surface area contributed by atoms with Gasteiger partial charge in [0.2, 0.25) is 0 Å². The summed E-state index contributed by atoms with van der Waals surface area (Å²) in [5.74, 6) is 0.417. The molecule has 3 heteroatoms. The number of fused-ring (bicyclic) bond motifs is 1. The van der Waals surface area contributed by atoms with Gasteiger partial charge in [-0.15, -0.1) is 0 Å². The summed E-state index contributed by atoms with van der Waals surface area (Å²) in [6.45, 7) is 9.23. The first-order chi connectivity index (χ1) is 8.28. The molecule has 100 valence electrons. The molecular formula is C15H22BrNO. The van der Waals surface area contributed by atoms with Crippen LogP contribution in [0.15, 0.2) is 22.7 Å². The van der Waals surface area contributed by atoms with E-state index in [1.54, 1.807) is 0 Å². The summed E-state index contributed by atoms with van der Waals surface area (Å²) in [7, 11) is 0. The number of halogens is 1. The lowest BCUT2D eigenvalue weighted by atomic mass is 9.89. The fourth-order valence-corrected chi connectivity index (χ4v) is 3.19. The average Bonchev–Trinajstić information content (AvgIpc) is 2.54. The van der Waals surface area contributed by atoms with Crippen LogP contribution in [0.1, 0.15) is 45.6 Å². The molecule has 2 rings (SSSR count). The first-order valence-electron chi connectivity index (χ1n) is 6.56. The van der Waals surface area contributed by atoms with E-state index in [0.717, 1.165) is 17.4 Å². The number of aliphatic hydroxyl groups is 1. The fraction of sp³-hybridized carbons (Fsp3) is 0.600. The first-order valence-corrected chi connectivity index (χ1v) is 7.36. The van der Waals surface area contributed by atoms with Crippen molar-refractivity contribution in [2.75, 3.05) is 11.4 Å². The maximum Gasteiger partial charge on any atom is 0.0598 e. The van der Waals surface area contributed by atoms with Crippen LogP contribution < -0.4 is 4.90 Å². The lowest BCUT2D eigenvalue weighted by molar-refractivity contribution is 0.0643. The van der Waals surface area contributed by atoms with Crippen molar-refractivity contribution in [1.82, 2.24) is 0 Å². The SMILES string of the molecule is CC(C)N1CC(CC(C)(C)O)c2cc(Br)ccc21. The summed E-state index contributed by atoms with van der Waals surface area (Å²) in [5, 5.41) is 10.1. The van der Waals surface area contributed by atoms with Gasteiger partial charge in [0.25, 0.3) is 0 Å². The molecule has 1 aromatic rings. The van der Waals surface area contributed by atoms with Crippen molar-refractivity contribution >= 4 is 21.6 Å². The van der Waals surface area contributed by atoms with Crippen molar-refractivity contribution in [1.29, 1.82) is 0 Å². The van der Waals surface area contributed by atoms with Crippen molar-refractivity contribution in [2.24, 2.45) is 0 Å². The first kappa shape index (κ1) is 13.9. The van der Waals surface area contributed by atoms with Gasteiger partial charge in [0.05, 0.1) is 5.60 Å². The smallest absolute Gasteiger partial charge is 0.0598 e. The zero-order chi connectivity index (χ0) is 13.5. The number of rotatable bonds is 3. The highest BCUT2D eigenvalue weighted by Crippen LogP contribution is 2.42. The molecule has 1 heterocycles. The van der Waals surface area contributed by atoms with Crippen LogP contribution in [0, 0.1) is 0 Å². The van der Waals surface area contributed by atoms with E-state index in [0.29, 0.717) is 12.0 Å². The number of benzene rings is 1. The predicted octanol–water partition coefficient (Wildman–Crippen LogP) is 3.92. The van der Waals surface area contributed by atoms with Crippen LogP contribution in [0.3, 0.4) is 0 Å². The Morgan fingerprint density at radius 1 is 1.44 bits per heavy atom. The molecule has 0 spiro atoms. The Labute approximate surface area is 118 Å². The van der Waals surface area contributed by atoms with Crippen LogP contribution in [0.5, 0.6) is 0 Å². The highest BCUT2D eigenvalue weighted by molar-refractivity contribution is 9.10. The minimum atomic E-state index is -0.614. The average molecular weight is 312 g/mol. The summed E-state index contributed by atoms with van der Waals surface area (Å²) in [6.07, 6.45) is 0.805. The van der Waals surface area contributed by atoms with E-state index < -0.39 is 5.60 Å². The molecule has 0 saturated carbocycles. The normalized spacial score (nSPS) is 19.5. The summed E-state index contributed by atoms with van der Waals surface area (Å²) >= 11 is 3.55. The van der Waals surface area contributed by atoms with Gasteiger partial charge < -0.3 is 10.0 Å². The Morgan fingerprint density at radius 2 is 2.11 bits per heavy atom. The molecule has 1 aliphatic heterocycles. The molecule has 1 atom stereocenters. The molecule has 1 aliphatic rings. The van der Waals surface area contributed by atoms with Gasteiger partial charge in [-0.3, -0.25) is 0 Å². The Bertz CT molecular complexity index is 437. The van der Waals surface area contributed by atoms with Crippen LogP contribution in [-0.4, -0.2) is 23.3 Å². The number of hydrogen-bond donors (Lipinski definition) is 1. The molecule has 0 radical (unpaired) electrons. The van der Waals surface area contributed by atoms with Crippen LogP contribution in [-0.2, 0) is 0 Å². The largest absolute Gasteiger partial charge is 0.390 e. The Hall–Kier alpha value is -0.540. The molecule has 0 aliphatic carbocycles. The van der Waals surface area contributed by atoms with E-state index in [2.05, 4.69) is 52.9 Å². The molecule has 0 saturated heterocycles. The lowest BCUT2D eigenvalue weighted by Crippen LogP contribution is -2.31. The molecule has 0 fully saturated rings. The molecule has 2 nitrogen and oxygen atoms in total. The van der Waals surface area contributed by atoms with Crippen molar-refractivity contribution in [2.45, 2.75) is 51.7 Å². The molecule has 0 aromatic heterocycles. The fourth-order valence-electron chi connectivity index (χ4n) is 2.81. The second-order valence-corrected chi connectivity index (χ2v) is 7.08. The van der Waals surface area contributed by atoms with Gasteiger partial charge in [-0.25, -0.2) is 0 Å². The molecule has 18 heavy (non-hydrogen) atoms. The molecule has 1 aromatic carbocycles. The number of hydrogen-bond acceptors (Lipinski definition) is 2. The zero-order valence-electron chi connectivity index (χ0n) is 11.6. The van der Waals surface area contributed by atoms with Crippen LogP contribution in [0.2, 0.25) is 0 Å². The Morgan fingerprint density at radius 3 is 2.67 bits per heavy atom. The van der Waals surface area contributed by atoms with E-state index in [1.807, 2.05) is 13.8 Å². The van der Waals surface area contributed by atoms with Crippen LogP contribution in [0.4, 0.5) is 5.69 Å². The zero-order valence-corrected chi connectivity index (χ0v) is 13.2. The quantitative estimate of drug-likeness (QED) is 0.914. The van der Waals surface area contributed by atoms with Crippen molar-refractivity contribution in [3.63, 3.8) is 0 Å². The molecule has 0 bridgehead atoms. The van der Waals surface area contributed by atoms with Crippen LogP contribution >= 0.6 is 15.9 Å². The summed E-state index contributed by atoms with van der Waals surface area (Å²) in [6, 6.07) is 6.98. The molecule has 1 N–H and O–H groups in total. The minimum absolute atomic E-state index is 0.417. The summed E-state index contributed by atoms with van der Waals surface area (Å²) < 4.78 is 1.12. The van der Waals surface area contributed by atoms with Gasteiger partial charge in [0.15, 0.2) is 0 Å². The highest BCUT2D eigenvalue weighted by atomic mass is 79.9. The number of nitrogens with zero attached hydrogens (tertiary/aromatic N) is 1. The van der Waals surface area contributed by atoms with Crippen LogP contribution in [0.25, 0.3) is 0 Å². The van der Waals surface area contributed by atoms with Gasteiger partial charge in [-0.1, -0.05) is 15.9 Å². The lowest BCUT2D eigenvalue weighted by Gasteiger charge is -2.26. The third kappa shape index (κ3) is 2.89. The predicted molar refractivity (Wildman–Crippen MR) is 80.3 cm³/mol. The maximum atomic E-state index is 10.1. The molecule has 1 unspecified atom stereocenters. The van der Waals surface area contributed by atoms with E-state index in [9.17, 15) is 5.11 Å².